The second-order valence-corrected chi connectivity index (χ2v) is 12.6. The third-order valence-corrected chi connectivity index (χ3v) is 9.78. The quantitative estimate of drug-likeness (QED) is 0.176. The molecule has 1 saturated heterocycles. The van der Waals surface area contributed by atoms with Crippen LogP contribution in [0.15, 0.2) is 91.0 Å². The summed E-state index contributed by atoms with van der Waals surface area (Å²) < 4.78 is 3.54. The molecule has 5 rings (SSSR count). The maximum Gasteiger partial charge on any atom is 0.275 e. The Morgan fingerprint density at radius 3 is 2.51 bits per heavy atom. The summed E-state index contributed by atoms with van der Waals surface area (Å²) in [5.74, 6) is -0.177. The van der Waals surface area contributed by atoms with Gasteiger partial charge in [0.05, 0.1) is 21.7 Å². The number of hydrogen-bond donors (Lipinski definition) is 1. The Bertz CT molecular complexity index is 1420. The summed E-state index contributed by atoms with van der Waals surface area (Å²) >= 11 is 11.2. The van der Waals surface area contributed by atoms with Gasteiger partial charge in [0.15, 0.2) is 4.34 Å². The lowest BCUT2D eigenvalue weighted by Crippen LogP contribution is -2.42. The highest BCUT2D eigenvalue weighted by Gasteiger charge is 2.38. The summed E-state index contributed by atoms with van der Waals surface area (Å²) in [5, 5.41) is 1.10. The van der Waals surface area contributed by atoms with Crippen molar-refractivity contribution in [3.05, 3.63) is 97.8 Å². The van der Waals surface area contributed by atoms with Gasteiger partial charge in [-0.25, -0.2) is 10.4 Å². The summed E-state index contributed by atoms with van der Waals surface area (Å²) in [5.41, 5.74) is 5.82. The minimum absolute atomic E-state index is 0.00381. The molecule has 1 unspecified atom stereocenters. The maximum atomic E-state index is 13.4. The Hall–Kier alpha value is -1.95. The van der Waals surface area contributed by atoms with Gasteiger partial charge in [-0.15, -0.1) is 11.3 Å². The predicted octanol–water partition coefficient (Wildman–Crippen LogP) is 7.26. The molecule has 1 N–H and O–H groups in total. The Morgan fingerprint density at radius 2 is 1.74 bits per heavy atom. The van der Waals surface area contributed by atoms with Crippen LogP contribution in [0.5, 0.6) is 0 Å². The standard InChI is InChI=1S/C25H17Br2N3O2S3/c26-17-9-3-1-7-15(17)13-21-23(32)30(24(33-21)16-8-2-4-10-18(16)27)28-14-22(31)35-25-29-19-11-5-6-12-20(19)34-25/h1-13,24,28H,14H2/b21-13+. The van der Waals surface area contributed by atoms with Gasteiger partial charge in [-0.3, -0.25) is 14.6 Å². The number of nitrogens with zero attached hydrogens (tertiary/aromatic N) is 2. The van der Waals surface area contributed by atoms with Crippen LogP contribution in [0.25, 0.3) is 16.3 Å². The van der Waals surface area contributed by atoms with Crippen molar-refractivity contribution in [1.29, 1.82) is 0 Å². The second kappa shape index (κ2) is 11.0. The van der Waals surface area contributed by atoms with E-state index >= 15 is 0 Å². The number of halogens is 2. The molecule has 1 aliphatic heterocycles. The topological polar surface area (TPSA) is 62.3 Å². The summed E-state index contributed by atoms with van der Waals surface area (Å²) in [6.07, 6.45) is 1.88. The van der Waals surface area contributed by atoms with E-state index in [0.29, 0.717) is 9.24 Å². The fourth-order valence-electron chi connectivity index (χ4n) is 3.49. The van der Waals surface area contributed by atoms with E-state index < -0.39 is 0 Å². The summed E-state index contributed by atoms with van der Waals surface area (Å²) in [6.45, 7) is -0.00381. The van der Waals surface area contributed by atoms with Gasteiger partial charge < -0.3 is 0 Å². The molecule has 2 heterocycles. The molecule has 10 heteroatoms. The highest BCUT2D eigenvalue weighted by molar-refractivity contribution is 9.10. The van der Waals surface area contributed by atoms with Crippen LogP contribution in [-0.4, -0.2) is 27.6 Å². The number of hydrazine groups is 1. The van der Waals surface area contributed by atoms with E-state index in [0.717, 1.165) is 42.1 Å². The van der Waals surface area contributed by atoms with Gasteiger partial charge in [-0.1, -0.05) is 92.2 Å². The van der Waals surface area contributed by atoms with Gasteiger partial charge in [-0.05, 0) is 47.7 Å². The zero-order valence-corrected chi connectivity index (χ0v) is 23.6. The lowest BCUT2D eigenvalue weighted by molar-refractivity contribution is -0.129. The van der Waals surface area contributed by atoms with Crippen LogP contribution >= 0.6 is 66.7 Å². The Kier molecular flexibility index (Phi) is 7.76. The van der Waals surface area contributed by atoms with E-state index in [1.807, 2.05) is 78.9 Å². The molecule has 1 atom stereocenters. The molecular weight excluding hydrogens is 630 g/mol. The minimum Gasteiger partial charge on any atom is -0.285 e. The van der Waals surface area contributed by atoms with Crippen molar-refractivity contribution in [2.45, 2.75) is 9.71 Å². The highest BCUT2D eigenvalue weighted by Crippen LogP contribution is 2.47. The average Bonchev–Trinajstić information content (AvgIpc) is 3.39. The number of carbonyl (C=O) groups is 2. The van der Waals surface area contributed by atoms with Crippen molar-refractivity contribution in [3.63, 3.8) is 0 Å². The molecule has 0 bridgehead atoms. The first-order valence-corrected chi connectivity index (χ1v) is 14.6. The number of fused-ring (bicyclic) bond motifs is 1. The first-order chi connectivity index (χ1) is 17.0. The van der Waals surface area contributed by atoms with E-state index in [9.17, 15) is 9.59 Å². The zero-order valence-electron chi connectivity index (χ0n) is 18.0. The molecule has 3 aromatic carbocycles. The van der Waals surface area contributed by atoms with Crippen LogP contribution in [0.4, 0.5) is 0 Å². The monoisotopic (exact) mass is 645 g/mol. The van der Waals surface area contributed by atoms with E-state index in [4.69, 9.17) is 0 Å². The number of aromatic nitrogens is 1. The summed E-state index contributed by atoms with van der Waals surface area (Å²) in [6, 6.07) is 23.3. The van der Waals surface area contributed by atoms with Crippen molar-refractivity contribution < 1.29 is 9.59 Å². The number of hydrogen-bond acceptors (Lipinski definition) is 7. The van der Waals surface area contributed by atoms with E-state index in [1.165, 1.54) is 23.1 Å². The molecule has 4 aromatic rings. The number of para-hydroxylation sites is 1. The zero-order chi connectivity index (χ0) is 24.4. The molecular formula is C25H17Br2N3O2S3. The molecule has 0 aliphatic carbocycles. The van der Waals surface area contributed by atoms with Gasteiger partial charge in [-0.2, -0.15) is 0 Å². The highest BCUT2D eigenvalue weighted by atomic mass is 79.9. The molecule has 1 fully saturated rings. The largest absolute Gasteiger partial charge is 0.285 e. The first kappa shape index (κ1) is 24.7. The van der Waals surface area contributed by atoms with Crippen molar-refractivity contribution in [2.24, 2.45) is 0 Å². The van der Waals surface area contributed by atoms with E-state index in [2.05, 4.69) is 42.3 Å². The fraction of sp³-hybridized carbons (Fsp3) is 0.0800. The summed E-state index contributed by atoms with van der Waals surface area (Å²) in [7, 11) is 0. The summed E-state index contributed by atoms with van der Waals surface area (Å²) in [4.78, 5) is 31.3. The number of thioether (sulfide) groups is 2. The van der Waals surface area contributed by atoms with Gasteiger partial charge in [0.25, 0.3) is 5.91 Å². The third kappa shape index (κ3) is 5.58. The number of benzene rings is 3. The van der Waals surface area contributed by atoms with Crippen LogP contribution in [0, 0.1) is 0 Å². The third-order valence-electron chi connectivity index (χ3n) is 5.13. The number of nitrogens with one attached hydrogen (secondary N) is 1. The smallest absolute Gasteiger partial charge is 0.275 e. The molecule has 0 radical (unpaired) electrons. The molecule has 35 heavy (non-hydrogen) atoms. The van der Waals surface area contributed by atoms with Crippen molar-refractivity contribution in [1.82, 2.24) is 15.4 Å². The molecule has 0 saturated carbocycles. The number of rotatable bonds is 6. The Labute approximate surface area is 231 Å². The van der Waals surface area contributed by atoms with Crippen LogP contribution in [-0.2, 0) is 9.59 Å². The van der Waals surface area contributed by atoms with Gasteiger partial charge in [0, 0.05) is 14.5 Å². The SMILES string of the molecule is O=C(CNN1C(=O)/C(=C\c2ccccc2Br)SC1c1ccccc1Br)Sc1nc2ccccc2s1. The molecule has 176 valence electrons. The molecule has 1 aromatic heterocycles. The van der Waals surface area contributed by atoms with Gasteiger partial charge >= 0.3 is 0 Å². The number of carbonyl (C=O) groups excluding carboxylic acids is 2. The lowest BCUT2D eigenvalue weighted by Gasteiger charge is -2.24. The van der Waals surface area contributed by atoms with Crippen molar-refractivity contribution >= 4 is 94.0 Å². The molecule has 1 amide bonds. The van der Waals surface area contributed by atoms with Crippen molar-refractivity contribution in [3.8, 4) is 0 Å². The van der Waals surface area contributed by atoms with Crippen LogP contribution in [0.1, 0.15) is 16.5 Å². The molecule has 0 spiro atoms. The number of thiazole rings is 1. The first-order valence-electron chi connectivity index (χ1n) is 10.5. The predicted molar refractivity (Wildman–Crippen MR) is 152 cm³/mol. The fourth-order valence-corrected chi connectivity index (χ4v) is 7.67. The van der Waals surface area contributed by atoms with E-state index in [-0.39, 0.29) is 22.9 Å². The Morgan fingerprint density at radius 1 is 1.03 bits per heavy atom. The maximum absolute atomic E-state index is 13.4. The van der Waals surface area contributed by atoms with Crippen LogP contribution in [0.2, 0.25) is 0 Å². The molecule has 1 aliphatic rings. The van der Waals surface area contributed by atoms with Crippen molar-refractivity contribution in [2.75, 3.05) is 6.54 Å². The number of amides is 1. The van der Waals surface area contributed by atoms with Crippen LogP contribution < -0.4 is 5.43 Å². The van der Waals surface area contributed by atoms with Crippen LogP contribution in [0.3, 0.4) is 0 Å². The van der Waals surface area contributed by atoms with Gasteiger partial charge in [0.1, 0.15) is 5.37 Å². The second-order valence-electron chi connectivity index (χ2n) is 7.45. The minimum atomic E-state index is -0.327. The average molecular weight is 647 g/mol. The Balaban J connectivity index is 1.36. The van der Waals surface area contributed by atoms with Gasteiger partial charge in [0.2, 0.25) is 5.12 Å². The molecule has 5 nitrogen and oxygen atoms in total. The normalized spacial score (nSPS) is 17.0. The van der Waals surface area contributed by atoms with E-state index in [1.54, 1.807) is 5.01 Å². The lowest BCUT2D eigenvalue weighted by atomic mass is 10.2.